The van der Waals surface area contributed by atoms with E-state index in [0.29, 0.717) is 0 Å². The quantitative estimate of drug-likeness (QED) is 0.441. The van der Waals surface area contributed by atoms with E-state index in [9.17, 15) is 9.36 Å². The standard InChI is InChI=1S/C10H12IO6P/c1-14-10(12)8-5-4-7(11)6-9(8)17-18(13,15-2)16-3/h4-6H,1-3H3. The minimum Gasteiger partial charge on any atom is -0.465 e. The van der Waals surface area contributed by atoms with Crippen molar-refractivity contribution < 1.29 is 27.7 Å². The lowest BCUT2D eigenvalue weighted by Gasteiger charge is -2.16. The normalized spacial score (nSPS) is 11.1. The zero-order valence-electron chi connectivity index (χ0n) is 10.0. The number of hydrogen-bond acceptors (Lipinski definition) is 6. The summed E-state index contributed by atoms with van der Waals surface area (Å²) < 4.78 is 31.7. The molecule has 8 heteroatoms. The molecule has 0 aliphatic rings. The monoisotopic (exact) mass is 386 g/mol. The van der Waals surface area contributed by atoms with Crippen LogP contribution in [0.5, 0.6) is 5.75 Å². The van der Waals surface area contributed by atoms with Gasteiger partial charge in [-0.25, -0.2) is 9.36 Å². The van der Waals surface area contributed by atoms with E-state index in [-0.39, 0.29) is 11.3 Å². The van der Waals surface area contributed by atoms with Crippen LogP contribution in [-0.4, -0.2) is 27.3 Å². The Bertz CT molecular complexity index is 481. The van der Waals surface area contributed by atoms with Crippen LogP contribution in [0, 0.1) is 3.57 Å². The Balaban J connectivity index is 3.18. The van der Waals surface area contributed by atoms with Crippen LogP contribution in [0.4, 0.5) is 0 Å². The molecule has 0 unspecified atom stereocenters. The zero-order valence-corrected chi connectivity index (χ0v) is 13.1. The van der Waals surface area contributed by atoms with E-state index in [1.54, 1.807) is 6.07 Å². The topological polar surface area (TPSA) is 71.1 Å². The van der Waals surface area contributed by atoms with Crippen LogP contribution in [0.2, 0.25) is 0 Å². The van der Waals surface area contributed by atoms with Crippen LogP contribution in [0.25, 0.3) is 0 Å². The number of phosphoric ester groups is 1. The van der Waals surface area contributed by atoms with E-state index >= 15 is 0 Å². The first kappa shape index (κ1) is 15.4. The van der Waals surface area contributed by atoms with Crippen LogP contribution in [0.15, 0.2) is 18.2 Å². The van der Waals surface area contributed by atoms with Crippen LogP contribution in [0.1, 0.15) is 10.4 Å². The van der Waals surface area contributed by atoms with Gasteiger partial charge in [0.05, 0.1) is 7.11 Å². The Morgan fingerprint density at radius 3 is 2.33 bits per heavy atom. The van der Waals surface area contributed by atoms with E-state index in [1.165, 1.54) is 33.5 Å². The molecule has 0 saturated carbocycles. The van der Waals surface area contributed by atoms with Gasteiger partial charge in [-0.1, -0.05) is 0 Å². The molecule has 0 fully saturated rings. The van der Waals surface area contributed by atoms with Crippen molar-refractivity contribution in [2.75, 3.05) is 21.3 Å². The lowest BCUT2D eigenvalue weighted by atomic mass is 10.2. The maximum absolute atomic E-state index is 11.9. The molecule has 1 aromatic carbocycles. The summed E-state index contributed by atoms with van der Waals surface area (Å²) in [5, 5.41) is 0. The van der Waals surface area contributed by atoms with Gasteiger partial charge in [0.1, 0.15) is 11.3 Å². The van der Waals surface area contributed by atoms with Gasteiger partial charge in [-0.15, -0.1) is 0 Å². The molecule has 1 aromatic rings. The summed E-state index contributed by atoms with van der Waals surface area (Å²) in [6, 6.07) is 4.75. The smallest absolute Gasteiger partial charge is 0.465 e. The molecule has 100 valence electrons. The molecule has 0 aliphatic heterocycles. The number of methoxy groups -OCH3 is 1. The number of benzene rings is 1. The fraction of sp³-hybridized carbons (Fsp3) is 0.300. The van der Waals surface area contributed by atoms with E-state index in [1.807, 2.05) is 22.6 Å². The van der Waals surface area contributed by atoms with E-state index in [2.05, 4.69) is 13.8 Å². The van der Waals surface area contributed by atoms with Crippen LogP contribution < -0.4 is 4.52 Å². The molecule has 0 radical (unpaired) electrons. The van der Waals surface area contributed by atoms with Gasteiger partial charge in [0.15, 0.2) is 0 Å². The lowest BCUT2D eigenvalue weighted by Crippen LogP contribution is -2.06. The maximum Gasteiger partial charge on any atom is 0.529 e. The SMILES string of the molecule is COC(=O)c1ccc(I)cc1OP(=O)(OC)OC. The first-order valence-corrected chi connectivity index (χ1v) is 7.28. The highest BCUT2D eigenvalue weighted by Crippen LogP contribution is 2.48. The number of ether oxygens (including phenoxy) is 1. The van der Waals surface area contributed by atoms with Crippen molar-refractivity contribution in [3.63, 3.8) is 0 Å². The first-order chi connectivity index (χ1) is 8.45. The van der Waals surface area contributed by atoms with Crippen molar-refractivity contribution >= 4 is 36.4 Å². The second kappa shape index (κ2) is 6.51. The molecule has 18 heavy (non-hydrogen) atoms. The van der Waals surface area contributed by atoms with Gasteiger partial charge in [-0.3, -0.25) is 9.05 Å². The second-order valence-corrected chi connectivity index (χ2v) is 6.09. The third-order valence-electron chi connectivity index (χ3n) is 2.01. The van der Waals surface area contributed by atoms with Crippen molar-refractivity contribution in [1.29, 1.82) is 0 Å². The Morgan fingerprint density at radius 2 is 1.83 bits per heavy atom. The summed E-state index contributed by atoms with van der Waals surface area (Å²) in [4.78, 5) is 11.5. The lowest BCUT2D eigenvalue weighted by molar-refractivity contribution is 0.0598. The molecule has 1 rings (SSSR count). The van der Waals surface area contributed by atoms with Gasteiger partial charge >= 0.3 is 13.8 Å². The zero-order chi connectivity index (χ0) is 13.8. The van der Waals surface area contributed by atoms with Crippen molar-refractivity contribution in [1.82, 2.24) is 0 Å². The number of carbonyl (C=O) groups excluding carboxylic acids is 1. The molecule has 0 atom stereocenters. The molecule has 0 heterocycles. The number of hydrogen-bond donors (Lipinski definition) is 0. The summed E-state index contributed by atoms with van der Waals surface area (Å²) in [6.45, 7) is 0. The predicted octanol–water partition coefficient (Wildman–Crippen LogP) is 2.86. The largest absolute Gasteiger partial charge is 0.529 e. The molecule has 0 N–H and O–H groups in total. The van der Waals surface area contributed by atoms with E-state index < -0.39 is 13.8 Å². The third kappa shape index (κ3) is 3.68. The summed E-state index contributed by atoms with van der Waals surface area (Å²) >= 11 is 2.03. The van der Waals surface area contributed by atoms with Crippen molar-refractivity contribution in [3.05, 3.63) is 27.3 Å². The first-order valence-electron chi connectivity index (χ1n) is 4.74. The predicted molar refractivity (Wildman–Crippen MR) is 72.8 cm³/mol. The average molecular weight is 386 g/mol. The molecular formula is C10H12IO6P. The van der Waals surface area contributed by atoms with E-state index in [4.69, 9.17) is 4.52 Å². The Kier molecular flexibility index (Phi) is 5.58. The highest BCUT2D eigenvalue weighted by molar-refractivity contribution is 14.1. The van der Waals surface area contributed by atoms with Gasteiger partial charge in [0, 0.05) is 17.8 Å². The Morgan fingerprint density at radius 1 is 1.22 bits per heavy atom. The Hall–Kier alpha value is -0.630. The van der Waals surface area contributed by atoms with Gasteiger partial charge in [0.2, 0.25) is 0 Å². The third-order valence-corrected chi connectivity index (χ3v) is 3.99. The fourth-order valence-electron chi connectivity index (χ4n) is 1.12. The minimum absolute atomic E-state index is 0.0841. The van der Waals surface area contributed by atoms with Crippen molar-refractivity contribution in [2.24, 2.45) is 0 Å². The van der Waals surface area contributed by atoms with Crippen molar-refractivity contribution in [2.45, 2.75) is 0 Å². The summed E-state index contributed by atoms with van der Waals surface area (Å²) in [5.74, 6) is -0.513. The number of halogens is 1. The summed E-state index contributed by atoms with van der Waals surface area (Å²) in [6.07, 6.45) is 0. The summed E-state index contributed by atoms with van der Waals surface area (Å²) in [7, 11) is -0.0838. The van der Waals surface area contributed by atoms with Crippen LogP contribution in [-0.2, 0) is 18.3 Å². The molecule has 0 spiro atoms. The van der Waals surface area contributed by atoms with Gasteiger partial charge < -0.3 is 9.26 Å². The average Bonchev–Trinajstić information content (AvgIpc) is 2.38. The molecule has 0 aromatic heterocycles. The molecule has 0 aliphatic carbocycles. The number of phosphoric acid groups is 1. The van der Waals surface area contributed by atoms with Gasteiger partial charge in [0.25, 0.3) is 0 Å². The molecule has 0 saturated heterocycles. The number of carbonyl (C=O) groups is 1. The molecule has 6 nitrogen and oxygen atoms in total. The molecule has 0 bridgehead atoms. The van der Waals surface area contributed by atoms with Gasteiger partial charge in [-0.2, -0.15) is 0 Å². The van der Waals surface area contributed by atoms with Crippen LogP contribution >= 0.6 is 30.4 Å². The Labute approximate surface area is 118 Å². The number of esters is 1. The number of rotatable bonds is 5. The fourth-order valence-corrected chi connectivity index (χ4v) is 2.27. The van der Waals surface area contributed by atoms with Crippen molar-refractivity contribution in [3.8, 4) is 5.75 Å². The highest BCUT2D eigenvalue weighted by atomic mass is 127. The molecule has 0 amide bonds. The van der Waals surface area contributed by atoms with E-state index in [0.717, 1.165) is 3.57 Å². The summed E-state index contributed by atoms with van der Waals surface area (Å²) in [5.41, 5.74) is 0.146. The minimum atomic E-state index is -3.71. The maximum atomic E-state index is 11.9. The van der Waals surface area contributed by atoms with Crippen LogP contribution in [0.3, 0.4) is 0 Å². The van der Waals surface area contributed by atoms with Gasteiger partial charge in [-0.05, 0) is 40.8 Å². The highest BCUT2D eigenvalue weighted by Gasteiger charge is 2.27. The second-order valence-electron chi connectivity index (χ2n) is 3.04. The molecular weight excluding hydrogens is 374 g/mol.